The van der Waals surface area contributed by atoms with Crippen molar-refractivity contribution in [2.24, 2.45) is 0 Å². The second kappa shape index (κ2) is 8.57. The van der Waals surface area contributed by atoms with Crippen molar-refractivity contribution >= 4 is 51.0 Å². The highest BCUT2D eigenvalue weighted by atomic mass is 35.5. The number of hydrogen-bond donors (Lipinski definition) is 1. The van der Waals surface area contributed by atoms with Crippen molar-refractivity contribution in [3.05, 3.63) is 87.2 Å². The minimum Gasteiger partial charge on any atom is -0.365 e. The number of anilines is 1. The summed E-state index contributed by atoms with van der Waals surface area (Å²) in [5, 5.41) is 9.86. The van der Waals surface area contributed by atoms with E-state index >= 15 is 0 Å². The molecule has 0 aliphatic carbocycles. The van der Waals surface area contributed by atoms with Gasteiger partial charge in [0.1, 0.15) is 11.6 Å². The average molecular weight is 481 g/mol. The van der Waals surface area contributed by atoms with Crippen LogP contribution in [0.25, 0.3) is 21.9 Å². The largest absolute Gasteiger partial charge is 0.365 e. The number of hydrogen-bond acceptors (Lipinski definition) is 5. The molecular formula is C24H19Cl2FN6. The Balaban J connectivity index is 1.46. The van der Waals surface area contributed by atoms with Crippen molar-refractivity contribution in [2.75, 3.05) is 5.32 Å². The molecule has 5 rings (SSSR count). The van der Waals surface area contributed by atoms with Gasteiger partial charge in [-0.15, -0.1) is 0 Å². The van der Waals surface area contributed by atoms with Crippen LogP contribution in [0, 0.1) is 19.7 Å². The average Bonchev–Trinajstić information content (AvgIpc) is 3.19. The third-order valence-corrected chi connectivity index (χ3v) is 6.08. The summed E-state index contributed by atoms with van der Waals surface area (Å²) in [5.41, 5.74) is 4.46. The number of halogens is 3. The third kappa shape index (κ3) is 4.21. The number of pyridine rings is 1. The number of benzene rings is 2. The van der Waals surface area contributed by atoms with E-state index in [4.69, 9.17) is 23.2 Å². The fraction of sp³-hybridized carbons (Fsp3) is 0.167. The standard InChI is InChI=1S/C24H19Cl2FN6/c1-13-4-3-5-20-16(13)8-15(9-28-20)11-33-12-18-22(30-24(26)31-23(18)32-33)29-10-17-19(25)7-6-14(2)21(17)27/h3-9,12H,10-11H2,1-2H3,(H,29,30,31,32). The number of fused-ring (bicyclic) bond motifs is 2. The summed E-state index contributed by atoms with van der Waals surface area (Å²) in [4.78, 5) is 13.1. The van der Waals surface area contributed by atoms with Crippen molar-refractivity contribution in [1.29, 1.82) is 0 Å². The maximum absolute atomic E-state index is 14.5. The number of aromatic nitrogens is 5. The lowest BCUT2D eigenvalue weighted by Crippen LogP contribution is -2.06. The number of nitrogens with one attached hydrogen (secondary N) is 1. The van der Waals surface area contributed by atoms with Crippen molar-refractivity contribution < 1.29 is 4.39 Å². The number of rotatable bonds is 5. The second-order valence-corrected chi connectivity index (χ2v) is 8.65. The summed E-state index contributed by atoms with van der Waals surface area (Å²) in [5.74, 6) is 0.113. The maximum atomic E-state index is 14.5. The Morgan fingerprint density at radius 2 is 1.88 bits per heavy atom. The monoisotopic (exact) mass is 480 g/mol. The van der Waals surface area contributed by atoms with Crippen LogP contribution in [-0.4, -0.2) is 24.7 Å². The Kier molecular flexibility index (Phi) is 5.60. The van der Waals surface area contributed by atoms with Crippen LogP contribution in [0.15, 0.2) is 48.8 Å². The zero-order chi connectivity index (χ0) is 23.1. The molecule has 0 saturated heterocycles. The molecule has 0 unspecified atom stereocenters. The number of aryl methyl sites for hydroxylation is 2. The van der Waals surface area contributed by atoms with Crippen LogP contribution >= 0.6 is 23.2 Å². The molecule has 5 aromatic rings. The predicted octanol–water partition coefficient (Wildman–Crippen LogP) is 6.10. The molecule has 9 heteroatoms. The molecule has 6 nitrogen and oxygen atoms in total. The van der Waals surface area contributed by atoms with E-state index in [1.54, 1.807) is 23.7 Å². The van der Waals surface area contributed by atoms with Gasteiger partial charge in [0.2, 0.25) is 5.28 Å². The van der Waals surface area contributed by atoms with E-state index in [2.05, 4.69) is 44.4 Å². The first-order valence-electron chi connectivity index (χ1n) is 10.3. The summed E-state index contributed by atoms with van der Waals surface area (Å²) < 4.78 is 16.3. The Bertz CT molecular complexity index is 1510. The first-order valence-corrected chi connectivity index (χ1v) is 11.1. The lowest BCUT2D eigenvalue weighted by atomic mass is 10.1. The van der Waals surface area contributed by atoms with Gasteiger partial charge < -0.3 is 5.32 Å². The molecule has 3 heterocycles. The maximum Gasteiger partial charge on any atom is 0.226 e. The highest BCUT2D eigenvalue weighted by Crippen LogP contribution is 2.26. The van der Waals surface area contributed by atoms with Gasteiger partial charge in [0.15, 0.2) is 5.65 Å². The summed E-state index contributed by atoms with van der Waals surface area (Å²) in [6, 6.07) is 11.5. The molecule has 0 aliphatic rings. The van der Waals surface area contributed by atoms with Crippen molar-refractivity contribution in [1.82, 2.24) is 24.7 Å². The SMILES string of the molecule is Cc1ccc(Cl)c(CNc2nc(Cl)nc3nn(Cc4cnc5cccc(C)c5c4)cc23)c1F. The molecule has 33 heavy (non-hydrogen) atoms. The van der Waals surface area contributed by atoms with E-state index in [9.17, 15) is 4.39 Å². The van der Waals surface area contributed by atoms with Gasteiger partial charge in [0.25, 0.3) is 0 Å². The van der Waals surface area contributed by atoms with Crippen LogP contribution < -0.4 is 5.32 Å². The van der Waals surface area contributed by atoms with Gasteiger partial charge in [-0.25, -0.2) is 4.39 Å². The molecule has 166 valence electrons. The minimum absolute atomic E-state index is 0.0501. The van der Waals surface area contributed by atoms with Crippen LogP contribution in [-0.2, 0) is 13.1 Å². The van der Waals surface area contributed by atoms with Gasteiger partial charge in [-0.05, 0) is 60.3 Å². The molecule has 0 bridgehead atoms. The molecule has 0 radical (unpaired) electrons. The predicted molar refractivity (Wildman–Crippen MR) is 129 cm³/mol. The summed E-state index contributed by atoms with van der Waals surface area (Å²) in [7, 11) is 0. The minimum atomic E-state index is -0.346. The lowest BCUT2D eigenvalue weighted by molar-refractivity contribution is 0.604. The fourth-order valence-electron chi connectivity index (χ4n) is 3.80. The summed E-state index contributed by atoms with van der Waals surface area (Å²) in [6.07, 6.45) is 3.68. The van der Waals surface area contributed by atoms with Crippen LogP contribution in [0.1, 0.15) is 22.3 Å². The molecule has 3 aromatic heterocycles. The van der Waals surface area contributed by atoms with E-state index in [1.165, 1.54) is 5.56 Å². The third-order valence-electron chi connectivity index (χ3n) is 5.56. The van der Waals surface area contributed by atoms with E-state index in [-0.39, 0.29) is 17.6 Å². The van der Waals surface area contributed by atoms with Crippen LogP contribution in [0.3, 0.4) is 0 Å². The molecule has 1 N–H and O–H groups in total. The van der Waals surface area contributed by atoms with Gasteiger partial charge in [-0.1, -0.05) is 29.8 Å². The molecule has 0 fully saturated rings. The number of nitrogens with zero attached hydrogens (tertiary/aromatic N) is 5. The van der Waals surface area contributed by atoms with E-state index in [0.29, 0.717) is 39.5 Å². The molecular weight excluding hydrogens is 462 g/mol. The van der Waals surface area contributed by atoms with Crippen LogP contribution in [0.5, 0.6) is 0 Å². The molecule has 0 atom stereocenters. The van der Waals surface area contributed by atoms with E-state index < -0.39 is 0 Å². The van der Waals surface area contributed by atoms with Gasteiger partial charge in [-0.2, -0.15) is 15.1 Å². The van der Waals surface area contributed by atoms with Gasteiger partial charge in [0, 0.05) is 34.9 Å². The zero-order valence-corrected chi connectivity index (χ0v) is 19.4. The van der Waals surface area contributed by atoms with Crippen molar-refractivity contribution in [2.45, 2.75) is 26.9 Å². The Morgan fingerprint density at radius 3 is 2.73 bits per heavy atom. The normalized spacial score (nSPS) is 11.4. The first kappa shape index (κ1) is 21.6. The van der Waals surface area contributed by atoms with Gasteiger partial charge in [-0.3, -0.25) is 9.67 Å². The topological polar surface area (TPSA) is 68.5 Å². The Hall–Kier alpha value is -3.29. The molecule has 0 spiro atoms. The highest BCUT2D eigenvalue weighted by molar-refractivity contribution is 6.31. The second-order valence-electron chi connectivity index (χ2n) is 7.90. The highest BCUT2D eigenvalue weighted by Gasteiger charge is 2.15. The quantitative estimate of drug-likeness (QED) is 0.308. The summed E-state index contributed by atoms with van der Waals surface area (Å²) >= 11 is 12.3. The van der Waals surface area contributed by atoms with Gasteiger partial charge in [0.05, 0.1) is 17.4 Å². The Morgan fingerprint density at radius 1 is 1.03 bits per heavy atom. The molecule has 0 amide bonds. The zero-order valence-electron chi connectivity index (χ0n) is 17.9. The fourth-order valence-corrected chi connectivity index (χ4v) is 4.18. The summed E-state index contributed by atoms with van der Waals surface area (Å²) in [6.45, 7) is 4.41. The molecule has 0 aliphatic heterocycles. The van der Waals surface area contributed by atoms with Crippen LogP contribution in [0.2, 0.25) is 10.3 Å². The van der Waals surface area contributed by atoms with E-state index in [1.807, 2.05) is 24.5 Å². The van der Waals surface area contributed by atoms with E-state index in [0.717, 1.165) is 16.5 Å². The molecule has 0 saturated carbocycles. The Labute approximate surface area is 199 Å². The lowest BCUT2D eigenvalue weighted by Gasteiger charge is -2.10. The first-order chi connectivity index (χ1) is 15.9. The smallest absolute Gasteiger partial charge is 0.226 e. The molecule has 2 aromatic carbocycles. The van der Waals surface area contributed by atoms with Crippen molar-refractivity contribution in [3.63, 3.8) is 0 Å². The van der Waals surface area contributed by atoms with Crippen LogP contribution in [0.4, 0.5) is 10.2 Å². The van der Waals surface area contributed by atoms with Gasteiger partial charge >= 0.3 is 0 Å². The van der Waals surface area contributed by atoms with Crippen molar-refractivity contribution in [3.8, 4) is 0 Å².